The van der Waals surface area contributed by atoms with Gasteiger partial charge in [0.2, 0.25) is 0 Å². The topological polar surface area (TPSA) is 132 Å². The van der Waals surface area contributed by atoms with E-state index in [0.717, 1.165) is 12.8 Å². The van der Waals surface area contributed by atoms with E-state index < -0.39 is 48.5 Å². The predicted molar refractivity (Wildman–Crippen MR) is 144 cm³/mol. The van der Waals surface area contributed by atoms with E-state index in [-0.39, 0.29) is 44.3 Å². The number of methoxy groups -OCH3 is 2. The lowest BCUT2D eigenvalue weighted by molar-refractivity contribution is -0.357. The lowest BCUT2D eigenvalue weighted by Crippen LogP contribution is -2.67. The maximum atomic E-state index is 13.2. The van der Waals surface area contributed by atoms with Crippen LogP contribution in [0.25, 0.3) is 0 Å². The molecular formula is C26H40ClF6N3O6. The fourth-order valence-corrected chi connectivity index (χ4v) is 3.94. The van der Waals surface area contributed by atoms with Crippen molar-refractivity contribution >= 4 is 24.2 Å². The van der Waals surface area contributed by atoms with E-state index in [1.807, 2.05) is 13.8 Å². The molecule has 0 aromatic heterocycles. The summed E-state index contributed by atoms with van der Waals surface area (Å²) >= 11 is 0. The average Bonchev–Trinajstić information content (AvgIpc) is 2.88. The van der Waals surface area contributed by atoms with Gasteiger partial charge >= 0.3 is 18.0 Å². The summed E-state index contributed by atoms with van der Waals surface area (Å²) in [4.78, 5) is 24.9. The number of para-hydroxylation sites is 1. The summed E-state index contributed by atoms with van der Waals surface area (Å²) in [6, 6.07) is 5.47. The molecule has 0 spiro atoms. The Balaban J connectivity index is 0.0000168. The molecule has 244 valence electrons. The average molecular weight is 640 g/mol. The largest absolute Gasteiger partial charge is 0.493 e. The van der Waals surface area contributed by atoms with Gasteiger partial charge in [-0.1, -0.05) is 26.0 Å². The summed E-state index contributed by atoms with van der Waals surface area (Å²) in [5.41, 5.74) is 1.15. The van der Waals surface area contributed by atoms with Crippen LogP contribution >= 0.6 is 12.4 Å². The number of benzene rings is 1. The van der Waals surface area contributed by atoms with Gasteiger partial charge < -0.3 is 35.7 Å². The monoisotopic (exact) mass is 639 g/mol. The Labute approximate surface area is 247 Å². The van der Waals surface area contributed by atoms with E-state index in [0.29, 0.717) is 24.5 Å². The molecule has 2 amide bonds. The number of aliphatic hydroxyl groups excluding tert-OH is 1. The smallest absolute Gasteiger partial charge is 0.435 e. The third kappa shape index (κ3) is 10.7. The number of nitrogens with one attached hydrogen (secondary N) is 2. The van der Waals surface area contributed by atoms with Crippen LogP contribution in [-0.2, 0) is 14.3 Å². The summed E-state index contributed by atoms with van der Waals surface area (Å²) in [7, 11) is 1.70. The molecule has 0 saturated carbocycles. The Bertz CT molecular complexity index is 953. The van der Waals surface area contributed by atoms with Gasteiger partial charge in [-0.3, -0.25) is 9.59 Å². The van der Waals surface area contributed by atoms with Crippen molar-refractivity contribution in [2.45, 2.75) is 63.2 Å². The molecule has 1 aromatic rings. The molecule has 16 heteroatoms. The molecule has 3 atom stereocenters. The van der Waals surface area contributed by atoms with E-state index in [4.69, 9.17) is 15.2 Å². The molecule has 0 fully saturated rings. The van der Waals surface area contributed by atoms with Crippen LogP contribution in [0.3, 0.4) is 0 Å². The molecule has 0 aliphatic rings. The number of hydrogen-bond acceptors (Lipinski definition) is 7. The molecule has 42 heavy (non-hydrogen) atoms. The second kappa shape index (κ2) is 17.7. The van der Waals surface area contributed by atoms with Crippen molar-refractivity contribution in [3.05, 3.63) is 29.8 Å². The Morgan fingerprint density at radius 2 is 1.52 bits per heavy atom. The van der Waals surface area contributed by atoms with Crippen molar-refractivity contribution in [2.24, 2.45) is 17.6 Å². The van der Waals surface area contributed by atoms with Crippen molar-refractivity contribution in [1.82, 2.24) is 10.6 Å². The first kappa shape index (κ1) is 39.7. The van der Waals surface area contributed by atoms with Crippen LogP contribution < -0.4 is 21.1 Å². The van der Waals surface area contributed by atoms with Gasteiger partial charge in [0, 0.05) is 40.0 Å². The molecule has 0 heterocycles. The number of carbonyl (C=O) groups excluding carboxylic acids is 2. The van der Waals surface area contributed by atoms with Crippen LogP contribution in [0.4, 0.5) is 26.3 Å². The molecule has 0 saturated heterocycles. The Morgan fingerprint density at radius 3 is 2.05 bits per heavy atom. The number of rotatable bonds is 17. The minimum absolute atomic E-state index is 0. The maximum absolute atomic E-state index is 13.2. The van der Waals surface area contributed by atoms with Gasteiger partial charge in [0.25, 0.3) is 11.8 Å². The first-order chi connectivity index (χ1) is 19.0. The van der Waals surface area contributed by atoms with Gasteiger partial charge in [0.15, 0.2) is 0 Å². The van der Waals surface area contributed by atoms with Crippen LogP contribution in [-0.4, -0.2) is 87.5 Å². The quantitative estimate of drug-likeness (QED) is 0.151. The highest BCUT2D eigenvalue weighted by Gasteiger charge is 2.77. The van der Waals surface area contributed by atoms with Gasteiger partial charge in [0.1, 0.15) is 5.75 Å². The first-order valence-electron chi connectivity index (χ1n) is 12.9. The standard InChI is InChI=1S/C26H39F6N3O6.ClH/c1-16(2)17(14-34-22(37)18-9-5-6-10-21(18)41-12-8-7-11-39-3)13-19(33)20(36)15-35-23(38)24(40-4,25(27,28)29)26(30,31)32;/h5-6,9-10,16-17,19-20,36H,7-8,11-15,33H2,1-4H3,(H,34,37)(H,35,38);1H/t17-,19+,20+;/m1./s1. The number of aliphatic hydroxyl groups is 1. The molecule has 9 nitrogen and oxygen atoms in total. The molecular weight excluding hydrogens is 600 g/mol. The van der Waals surface area contributed by atoms with Crippen LogP contribution in [0.1, 0.15) is 43.5 Å². The molecule has 0 unspecified atom stereocenters. The van der Waals surface area contributed by atoms with E-state index in [1.165, 1.54) is 5.32 Å². The third-order valence-corrected chi connectivity index (χ3v) is 6.56. The highest BCUT2D eigenvalue weighted by molar-refractivity contribution is 5.96. The Kier molecular flexibility index (Phi) is 16.7. The molecule has 5 N–H and O–H groups in total. The molecule has 0 aliphatic carbocycles. The molecule has 1 aromatic carbocycles. The Morgan fingerprint density at radius 1 is 0.952 bits per heavy atom. The SMILES string of the molecule is COCCCCOc1ccccc1C(=O)NC[C@@H](C[C@H](N)[C@@H](O)CNC(=O)C(OC)(C(F)(F)F)C(F)(F)F)C(C)C.Cl. The van der Waals surface area contributed by atoms with Crippen LogP contribution in [0, 0.1) is 11.8 Å². The fraction of sp³-hybridized carbons (Fsp3) is 0.692. The molecule has 0 radical (unpaired) electrons. The highest BCUT2D eigenvalue weighted by atomic mass is 35.5. The Hall–Kier alpha value is -2.33. The van der Waals surface area contributed by atoms with Crippen molar-refractivity contribution < 1.29 is 55.2 Å². The minimum Gasteiger partial charge on any atom is -0.493 e. The zero-order valence-electron chi connectivity index (χ0n) is 23.8. The number of unbranched alkanes of at least 4 members (excludes halogenated alkanes) is 1. The molecule has 0 aliphatic heterocycles. The summed E-state index contributed by atoms with van der Waals surface area (Å²) in [5, 5.41) is 14.5. The normalized spacial score (nSPS) is 14.5. The number of ether oxygens (including phenoxy) is 3. The third-order valence-electron chi connectivity index (χ3n) is 6.56. The van der Waals surface area contributed by atoms with E-state index in [9.17, 15) is 41.0 Å². The van der Waals surface area contributed by atoms with Gasteiger partial charge in [-0.15, -0.1) is 12.4 Å². The van der Waals surface area contributed by atoms with Crippen molar-refractivity contribution in [2.75, 3.05) is 40.5 Å². The predicted octanol–water partition coefficient (Wildman–Crippen LogP) is 3.62. The van der Waals surface area contributed by atoms with Crippen molar-refractivity contribution in [1.29, 1.82) is 0 Å². The van der Waals surface area contributed by atoms with Gasteiger partial charge in [-0.25, -0.2) is 0 Å². The fourth-order valence-electron chi connectivity index (χ4n) is 3.94. The van der Waals surface area contributed by atoms with Crippen molar-refractivity contribution in [3.8, 4) is 5.75 Å². The summed E-state index contributed by atoms with van der Waals surface area (Å²) in [6.07, 6.45) is -12.4. The summed E-state index contributed by atoms with van der Waals surface area (Å²) in [6.45, 7) is 3.69. The second-order valence-electron chi connectivity index (χ2n) is 9.82. The molecule has 0 bridgehead atoms. The number of carbonyl (C=O) groups is 2. The van der Waals surface area contributed by atoms with E-state index in [2.05, 4.69) is 10.1 Å². The highest BCUT2D eigenvalue weighted by Crippen LogP contribution is 2.45. The number of alkyl halides is 6. The number of halogens is 7. The van der Waals surface area contributed by atoms with E-state index in [1.54, 1.807) is 31.4 Å². The number of hydrogen-bond donors (Lipinski definition) is 4. The second-order valence-corrected chi connectivity index (χ2v) is 9.82. The lowest BCUT2D eigenvalue weighted by atomic mass is 9.87. The van der Waals surface area contributed by atoms with Gasteiger partial charge in [-0.2, -0.15) is 26.3 Å². The van der Waals surface area contributed by atoms with Crippen LogP contribution in [0.5, 0.6) is 5.75 Å². The summed E-state index contributed by atoms with van der Waals surface area (Å²) < 4.78 is 93.7. The first-order valence-corrected chi connectivity index (χ1v) is 12.9. The maximum Gasteiger partial charge on any atom is 0.435 e. The van der Waals surface area contributed by atoms with Crippen LogP contribution in [0.15, 0.2) is 24.3 Å². The zero-order valence-corrected chi connectivity index (χ0v) is 24.6. The molecule has 1 rings (SSSR count). The van der Waals surface area contributed by atoms with Crippen LogP contribution in [0.2, 0.25) is 0 Å². The minimum atomic E-state index is -6.12. The number of nitrogens with two attached hydrogens (primary N) is 1. The number of amides is 2. The van der Waals surface area contributed by atoms with Crippen molar-refractivity contribution in [3.63, 3.8) is 0 Å². The lowest BCUT2D eigenvalue weighted by Gasteiger charge is -2.34. The van der Waals surface area contributed by atoms with E-state index >= 15 is 0 Å². The summed E-state index contributed by atoms with van der Waals surface area (Å²) in [5.74, 6) is -3.01. The zero-order chi connectivity index (χ0) is 31.4. The van der Waals surface area contributed by atoms with Gasteiger partial charge in [-0.05, 0) is 43.2 Å². The van der Waals surface area contributed by atoms with Gasteiger partial charge in [0.05, 0.1) is 18.3 Å².